The second-order valence-electron chi connectivity index (χ2n) is 5.31. The molecular formula is C14H19N. The topological polar surface area (TPSA) is 3.24 Å². The van der Waals surface area contributed by atoms with E-state index in [0.717, 1.165) is 0 Å². The van der Waals surface area contributed by atoms with Crippen LogP contribution >= 0.6 is 0 Å². The Kier molecular flexibility index (Phi) is 2.14. The number of rotatable bonds is 1. The molecule has 1 aliphatic rings. The van der Waals surface area contributed by atoms with Crippen molar-refractivity contribution in [1.82, 2.24) is 0 Å². The molecule has 0 saturated carbocycles. The molecule has 2 rings (SSSR count). The van der Waals surface area contributed by atoms with Crippen LogP contribution in [0, 0.1) is 0 Å². The van der Waals surface area contributed by atoms with Gasteiger partial charge in [0, 0.05) is 5.69 Å². The molecule has 1 aliphatic heterocycles. The molecule has 80 valence electrons. The molecule has 1 aromatic carbocycles. The van der Waals surface area contributed by atoms with Gasteiger partial charge in [0.25, 0.3) is 0 Å². The van der Waals surface area contributed by atoms with Crippen LogP contribution in [0.2, 0.25) is 0 Å². The Morgan fingerprint density at radius 2 is 1.27 bits per heavy atom. The summed E-state index contributed by atoms with van der Waals surface area (Å²) in [6.07, 6.45) is 4.58. The van der Waals surface area contributed by atoms with Gasteiger partial charge in [0.05, 0.1) is 11.1 Å². The van der Waals surface area contributed by atoms with Crippen LogP contribution < -0.4 is 4.90 Å². The zero-order chi connectivity index (χ0) is 11.1. The summed E-state index contributed by atoms with van der Waals surface area (Å²) >= 11 is 0. The highest BCUT2D eigenvalue weighted by Gasteiger charge is 2.39. The monoisotopic (exact) mass is 201 g/mol. The van der Waals surface area contributed by atoms with Gasteiger partial charge >= 0.3 is 0 Å². The van der Waals surface area contributed by atoms with Crippen LogP contribution in [0.1, 0.15) is 27.7 Å². The Balaban J connectivity index is 2.44. The van der Waals surface area contributed by atoms with E-state index in [1.807, 2.05) is 0 Å². The minimum atomic E-state index is 0.102. The first-order valence-electron chi connectivity index (χ1n) is 5.49. The van der Waals surface area contributed by atoms with E-state index in [-0.39, 0.29) is 11.1 Å². The third-order valence-electron chi connectivity index (χ3n) is 3.07. The van der Waals surface area contributed by atoms with E-state index in [2.05, 4.69) is 75.1 Å². The average Bonchev–Trinajstić information content (AvgIpc) is 2.37. The Morgan fingerprint density at radius 3 is 1.73 bits per heavy atom. The largest absolute Gasteiger partial charge is 0.354 e. The quantitative estimate of drug-likeness (QED) is 0.627. The fourth-order valence-electron chi connectivity index (χ4n) is 2.54. The van der Waals surface area contributed by atoms with Crippen molar-refractivity contribution in [3.05, 3.63) is 42.5 Å². The first-order valence-corrected chi connectivity index (χ1v) is 5.49. The van der Waals surface area contributed by atoms with Crippen molar-refractivity contribution in [3.8, 4) is 0 Å². The number of hydrogen-bond donors (Lipinski definition) is 0. The number of hydrogen-bond acceptors (Lipinski definition) is 1. The highest BCUT2D eigenvalue weighted by atomic mass is 15.3. The van der Waals surface area contributed by atoms with Crippen molar-refractivity contribution in [1.29, 1.82) is 0 Å². The number of para-hydroxylation sites is 1. The first kappa shape index (κ1) is 10.3. The predicted molar refractivity (Wildman–Crippen MR) is 66.2 cm³/mol. The molecule has 1 nitrogen and oxygen atoms in total. The van der Waals surface area contributed by atoms with Gasteiger partial charge in [-0.05, 0) is 39.8 Å². The van der Waals surface area contributed by atoms with Crippen LogP contribution in [0.25, 0.3) is 0 Å². The van der Waals surface area contributed by atoms with Gasteiger partial charge in [-0.3, -0.25) is 0 Å². The van der Waals surface area contributed by atoms with Gasteiger partial charge in [0.15, 0.2) is 0 Å². The lowest BCUT2D eigenvalue weighted by molar-refractivity contribution is 0.483. The Labute approximate surface area is 92.4 Å². The van der Waals surface area contributed by atoms with Crippen LogP contribution in [0.15, 0.2) is 42.5 Å². The standard InChI is InChI=1S/C14H19N/c1-13(2)10-11-14(3,4)15(13)12-8-6-5-7-9-12/h5-11H,1-4H3. The summed E-state index contributed by atoms with van der Waals surface area (Å²) in [4.78, 5) is 2.46. The van der Waals surface area contributed by atoms with Gasteiger partial charge in [-0.1, -0.05) is 30.4 Å². The van der Waals surface area contributed by atoms with Crippen LogP contribution in [0.3, 0.4) is 0 Å². The van der Waals surface area contributed by atoms with Crippen molar-refractivity contribution in [2.24, 2.45) is 0 Å². The van der Waals surface area contributed by atoms with Gasteiger partial charge in [0.1, 0.15) is 0 Å². The lowest BCUT2D eigenvalue weighted by Crippen LogP contribution is -2.49. The Bertz CT molecular complexity index is 356. The van der Waals surface area contributed by atoms with E-state index in [1.54, 1.807) is 0 Å². The highest BCUT2D eigenvalue weighted by Crippen LogP contribution is 2.38. The van der Waals surface area contributed by atoms with E-state index < -0.39 is 0 Å². The number of benzene rings is 1. The fraction of sp³-hybridized carbons (Fsp3) is 0.429. The zero-order valence-corrected chi connectivity index (χ0v) is 9.99. The number of nitrogens with zero attached hydrogens (tertiary/aromatic N) is 1. The molecule has 1 aromatic rings. The molecule has 0 aliphatic carbocycles. The molecule has 0 radical (unpaired) electrons. The molecule has 0 fully saturated rings. The first-order chi connectivity index (χ1) is 6.93. The van der Waals surface area contributed by atoms with Crippen molar-refractivity contribution in [3.63, 3.8) is 0 Å². The van der Waals surface area contributed by atoms with Crippen LogP contribution in [0.5, 0.6) is 0 Å². The maximum absolute atomic E-state index is 2.46. The molecular weight excluding hydrogens is 182 g/mol. The minimum Gasteiger partial charge on any atom is -0.354 e. The molecule has 0 aromatic heterocycles. The molecule has 0 atom stereocenters. The molecule has 15 heavy (non-hydrogen) atoms. The summed E-state index contributed by atoms with van der Waals surface area (Å²) in [6.45, 7) is 9.02. The van der Waals surface area contributed by atoms with Gasteiger partial charge in [-0.2, -0.15) is 0 Å². The van der Waals surface area contributed by atoms with Crippen molar-refractivity contribution >= 4 is 5.69 Å². The maximum Gasteiger partial charge on any atom is 0.0537 e. The van der Waals surface area contributed by atoms with Crippen LogP contribution in [0.4, 0.5) is 5.69 Å². The second-order valence-corrected chi connectivity index (χ2v) is 5.31. The van der Waals surface area contributed by atoms with Crippen molar-refractivity contribution < 1.29 is 0 Å². The summed E-state index contributed by atoms with van der Waals surface area (Å²) in [6, 6.07) is 10.6. The van der Waals surface area contributed by atoms with Gasteiger partial charge in [0.2, 0.25) is 0 Å². The lowest BCUT2D eigenvalue weighted by Gasteiger charge is -2.42. The van der Waals surface area contributed by atoms with E-state index in [1.165, 1.54) is 5.69 Å². The van der Waals surface area contributed by atoms with E-state index in [0.29, 0.717) is 0 Å². The third-order valence-corrected chi connectivity index (χ3v) is 3.07. The molecule has 0 saturated heterocycles. The lowest BCUT2D eigenvalue weighted by atomic mass is 10.0. The zero-order valence-electron chi connectivity index (χ0n) is 9.99. The van der Waals surface area contributed by atoms with Gasteiger partial charge in [-0.15, -0.1) is 0 Å². The molecule has 1 heteroatoms. The van der Waals surface area contributed by atoms with E-state index >= 15 is 0 Å². The highest BCUT2D eigenvalue weighted by molar-refractivity contribution is 5.57. The van der Waals surface area contributed by atoms with E-state index in [9.17, 15) is 0 Å². The summed E-state index contributed by atoms with van der Waals surface area (Å²) in [5.41, 5.74) is 1.49. The smallest absolute Gasteiger partial charge is 0.0537 e. The molecule has 0 bridgehead atoms. The summed E-state index contributed by atoms with van der Waals surface area (Å²) in [7, 11) is 0. The normalized spacial score (nSPS) is 22.0. The number of anilines is 1. The molecule has 0 amide bonds. The fourth-order valence-corrected chi connectivity index (χ4v) is 2.54. The Morgan fingerprint density at radius 1 is 0.800 bits per heavy atom. The predicted octanol–water partition coefficient (Wildman–Crippen LogP) is 3.62. The van der Waals surface area contributed by atoms with Crippen molar-refractivity contribution in [2.75, 3.05) is 4.90 Å². The summed E-state index contributed by atoms with van der Waals surface area (Å²) in [5, 5.41) is 0. The van der Waals surface area contributed by atoms with Crippen molar-refractivity contribution in [2.45, 2.75) is 38.8 Å². The van der Waals surface area contributed by atoms with Crippen LogP contribution in [-0.2, 0) is 0 Å². The summed E-state index contributed by atoms with van der Waals surface area (Å²) < 4.78 is 0. The third kappa shape index (κ3) is 1.67. The average molecular weight is 201 g/mol. The summed E-state index contributed by atoms with van der Waals surface area (Å²) in [5.74, 6) is 0. The molecule has 0 unspecified atom stereocenters. The maximum atomic E-state index is 2.46. The minimum absolute atomic E-state index is 0.102. The SMILES string of the molecule is CC1(C)C=CC(C)(C)N1c1ccccc1. The van der Waals surface area contributed by atoms with Gasteiger partial charge in [-0.25, -0.2) is 0 Å². The van der Waals surface area contributed by atoms with Crippen LogP contribution in [-0.4, -0.2) is 11.1 Å². The molecule has 0 spiro atoms. The second kappa shape index (κ2) is 3.13. The molecule has 1 heterocycles. The van der Waals surface area contributed by atoms with E-state index in [4.69, 9.17) is 0 Å². The Hall–Kier alpha value is -1.24. The molecule has 0 N–H and O–H groups in total. The van der Waals surface area contributed by atoms with Gasteiger partial charge < -0.3 is 4.90 Å².